The molecule has 1 saturated heterocycles. The van der Waals surface area contributed by atoms with E-state index in [4.69, 9.17) is 9.72 Å². The fourth-order valence-corrected chi connectivity index (χ4v) is 4.96. The summed E-state index contributed by atoms with van der Waals surface area (Å²) in [4.78, 5) is 21.4. The van der Waals surface area contributed by atoms with Crippen molar-refractivity contribution in [3.05, 3.63) is 67.0 Å². The van der Waals surface area contributed by atoms with Crippen LogP contribution in [0.3, 0.4) is 0 Å². The molecule has 0 bridgehead atoms. The Balaban J connectivity index is 1.26. The fourth-order valence-electron chi connectivity index (χ4n) is 4.96. The Bertz CT molecular complexity index is 1810. The van der Waals surface area contributed by atoms with E-state index in [2.05, 4.69) is 35.5 Å². The Kier molecular flexibility index (Phi) is 5.63. The molecule has 39 heavy (non-hydrogen) atoms. The second kappa shape index (κ2) is 9.44. The number of H-pyrrole nitrogens is 2. The number of pyridine rings is 3. The van der Waals surface area contributed by atoms with Gasteiger partial charge >= 0.3 is 0 Å². The third kappa shape index (κ3) is 4.42. The Hall–Kier alpha value is -4.90. The van der Waals surface area contributed by atoms with Gasteiger partial charge in [0.25, 0.3) is 0 Å². The fraction of sp³-hybridized carbons (Fsp3) is 0.179. The number of nitrogens with zero attached hydrogens (tertiary/aromatic N) is 5. The Morgan fingerprint density at radius 3 is 2.67 bits per heavy atom. The maximum absolute atomic E-state index is 14.0. The molecule has 11 heteroatoms. The van der Waals surface area contributed by atoms with Gasteiger partial charge in [0.05, 0.1) is 22.8 Å². The molecule has 1 aliphatic heterocycles. The van der Waals surface area contributed by atoms with E-state index in [9.17, 15) is 9.50 Å². The van der Waals surface area contributed by atoms with Gasteiger partial charge in [-0.05, 0) is 56.3 Å². The van der Waals surface area contributed by atoms with E-state index in [0.29, 0.717) is 39.5 Å². The molecule has 0 saturated carbocycles. The average Bonchev–Trinajstić information content (AvgIpc) is 3.57. The molecule has 10 nitrogen and oxygen atoms in total. The van der Waals surface area contributed by atoms with Gasteiger partial charge in [0.1, 0.15) is 34.6 Å². The summed E-state index contributed by atoms with van der Waals surface area (Å²) < 4.78 is 20.2. The summed E-state index contributed by atoms with van der Waals surface area (Å²) in [5.41, 5.74) is 5.03. The van der Waals surface area contributed by atoms with Gasteiger partial charge in [-0.3, -0.25) is 15.1 Å². The van der Waals surface area contributed by atoms with Gasteiger partial charge < -0.3 is 20.1 Å². The first-order valence-corrected chi connectivity index (χ1v) is 12.6. The second-order valence-electron chi connectivity index (χ2n) is 9.51. The lowest BCUT2D eigenvalue weighted by Gasteiger charge is -2.23. The summed E-state index contributed by atoms with van der Waals surface area (Å²) in [6.45, 7) is 1.90. The number of aromatic nitrogens is 7. The van der Waals surface area contributed by atoms with Crippen molar-refractivity contribution < 1.29 is 14.2 Å². The molecule has 4 N–H and O–H groups in total. The van der Waals surface area contributed by atoms with Crippen LogP contribution in [0.1, 0.15) is 12.8 Å². The van der Waals surface area contributed by atoms with Crippen LogP contribution in [-0.2, 0) is 0 Å². The molecule has 194 valence electrons. The molecule has 1 aromatic carbocycles. The molecule has 1 fully saturated rings. The van der Waals surface area contributed by atoms with Gasteiger partial charge in [-0.25, -0.2) is 14.4 Å². The van der Waals surface area contributed by atoms with Crippen molar-refractivity contribution in [2.45, 2.75) is 18.9 Å². The number of imidazole rings is 1. The molecule has 0 unspecified atom stereocenters. The van der Waals surface area contributed by atoms with Crippen molar-refractivity contribution in [3.8, 4) is 45.4 Å². The van der Waals surface area contributed by atoms with E-state index in [1.165, 1.54) is 12.1 Å². The van der Waals surface area contributed by atoms with E-state index in [1.807, 2.05) is 12.1 Å². The van der Waals surface area contributed by atoms with Crippen LogP contribution in [0.4, 0.5) is 4.39 Å². The number of hydrogen-bond acceptors (Lipinski definition) is 8. The van der Waals surface area contributed by atoms with Crippen LogP contribution in [0.25, 0.3) is 56.0 Å². The van der Waals surface area contributed by atoms with Crippen LogP contribution in [0.5, 0.6) is 11.5 Å². The Morgan fingerprint density at radius 2 is 1.79 bits per heavy atom. The molecule has 0 radical (unpaired) electrons. The third-order valence-electron chi connectivity index (χ3n) is 6.83. The number of nitrogens with one attached hydrogen (secondary N) is 3. The minimum Gasteiger partial charge on any atom is -0.508 e. The predicted molar refractivity (Wildman–Crippen MR) is 144 cm³/mol. The van der Waals surface area contributed by atoms with E-state index >= 15 is 0 Å². The van der Waals surface area contributed by atoms with Crippen molar-refractivity contribution in [2.24, 2.45) is 0 Å². The number of phenolic OH excluding ortho intramolecular Hbond substituents is 1. The van der Waals surface area contributed by atoms with E-state index in [0.717, 1.165) is 54.3 Å². The molecule has 1 aliphatic rings. The van der Waals surface area contributed by atoms with Gasteiger partial charge in [-0.15, -0.1) is 0 Å². The highest BCUT2D eigenvalue weighted by atomic mass is 19.1. The number of phenols is 1. The highest BCUT2D eigenvalue weighted by molar-refractivity contribution is 5.96. The number of fused-ring (bicyclic) bond motifs is 2. The highest BCUT2D eigenvalue weighted by Crippen LogP contribution is 2.33. The maximum atomic E-state index is 14.0. The number of halogens is 1. The summed E-state index contributed by atoms with van der Waals surface area (Å²) in [6.07, 6.45) is 9.00. The van der Waals surface area contributed by atoms with Crippen molar-refractivity contribution in [3.63, 3.8) is 0 Å². The van der Waals surface area contributed by atoms with E-state index < -0.39 is 5.82 Å². The Morgan fingerprint density at radius 1 is 0.923 bits per heavy atom. The van der Waals surface area contributed by atoms with Crippen molar-refractivity contribution in [2.75, 3.05) is 13.1 Å². The van der Waals surface area contributed by atoms with Crippen LogP contribution >= 0.6 is 0 Å². The summed E-state index contributed by atoms with van der Waals surface area (Å²) >= 11 is 0. The Labute approximate surface area is 221 Å². The normalized spacial score (nSPS) is 14.3. The number of aromatic amines is 2. The van der Waals surface area contributed by atoms with Crippen molar-refractivity contribution >= 4 is 22.1 Å². The first kappa shape index (κ1) is 23.2. The summed E-state index contributed by atoms with van der Waals surface area (Å²) in [5.74, 6) is 0.492. The number of ether oxygens (including phenoxy) is 1. The molecule has 6 aromatic rings. The standard InChI is InChI=1S/C28H23FN8O2/c29-18-7-15(8-19(38)11-18)24-26-23(3-6-32-24)34-28(35-26)25-22-10-17(13-33-27(22)37-36-25)16-9-21(14-31-12-16)39-20-1-4-30-5-2-20/h3,6-14,20,30,38H,1-2,4-5H2,(H,34,35)(H,33,36,37). The van der Waals surface area contributed by atoms with Crippen LogP contribution in [0, 0.1) is 5.82 Å². The maximum Gasteiger partial charge on any atom is 0.159 e. The van der Waals surface area contributed by atoms with Gasteiger partial charge in [0.2, 0.25) is 0 Å². The molecule has 0 amide bonds. The number of aromatic hydroxyl groups is 1. The number of piperidine rings is 1. The zero-order chi connectivity index (χ0) is 26.3. The minimum absolute atomic E-state index is 0.174. The largest absolute Gasteiger partial charge is 0.508 e. The molecular formula is C28H23FN8O2. The average molecular weight is 523 g/mol. The number of hydrogen-bond donors (Lipinski definition) is 4. The SMILES string of the molecule is Oc1cc(F)cc(-c2nccc3[nH]c(-c4n[nH]c5ncc(-c6cncc(OC7CCNCC7)c6)cc45)nc23)c1. The number of benzene rings is 1. The zero-order valence-electron chi connectivity index (χ0n) is 20.6. The molecular weight excluding hydrogens is 499 g/mol. The quantitative estimate of drug-likeness (QED) is 0.258. The molecule has 0 aliphatic carbocycles. The first-order chi connectivity index (χ1) is 19.1. The lowest BCUT2D eigenvalue weighted by atomic mass is 10.1. The predicted octanol–water partition coefficient (Wildman–Crippen LogP) is 4.60. The molecule has 5 aromatic heterocycles. The summed E-state index contributed by atoms with van der Waals surface area (Å²) in [7, 11) is 0. The van der Waals surface area contributed by atoms with E-state index in [-0.39, 0.29) is 11.9 Å². The zero-order valence-corrected chi connectivity index (χ0v) is 20.6. The van der Waals surface area contributed by atoms with Gasteiger partial charge in [-0.2, -0.15) is 5.10 Å². The molecule has 0 spiro atoms. The summed E-state index contributed by atoms with van der Waals surface area (Å²) in [5, 5.41) is 21.5. The van der Waals surface area contributed by atoms with Gasteiger partial charge in [-0.1, -0.05) is 0 Å². The van der Waals surface area contributed by atoms with Crippen LogP contribution in [0.2, 0.25) is 0 Å². The number of rotatable bonds is 5. The highest BCUT2D eigenvalue weighted by Gasteiger charge is 2.19. The first-order valence-electron chi connectivity index (χ1n) is 12.6. The monoisotopic (exact) mass is 522 g/mol. The smallest absolute Gasteiger partial charge is 0.159 e. The molecule has 0 atom stereocenters. The van der Waals surface area contributed by atoms with E-state index in [1.54, 1.807) is 30.9 Å². The lowest BCUT2D eigenvalue weighted by Crippen LogP contribution is -2.34. The van der Waals surface area contributed by atoms with Crippen molar-refractivity contribution in [1.29, 1.82) is 0 Å². The minimum atomic E-state index is -0.559. The molecule has 6 heterocycles. The van der Waals surface area contributed by atoms with Crippen molar-refractivity contribution in [1.82, 2.24) is 40.4 Å². The molecule has 7 rings (SSSR count). The topological polar surface area (TPSA) is 138 Å². The second-order valence-corrected chi connectivity index (χ2v) is 9.51. The van der Waals surface area contributed by atoms with Crippen LogP contribution < -0.4 is 10.1 Å². The summed E-state index contributed by atoms with van der Waals surface area (Å²) in [6, 6.07) is 9.56. The van der Waals surface area contributed by atoms with Crippen LogP contribution in [0.15, 0.2) is 61.2 Å². The third-order valence-corrected chi connectivity index (χ3v) is 6.83. The van der Waals surface area contributed by atoms with Gasteiger partial charge in [0, 0.05) is 41.3 Å². The lowest BCUT2D eigenvalue weighted by molar-refractivity contribution is 0.162. The van der Waals surface area contributed by atoms with Crippen LogP contribution in [-0.4, -0.2) is 59.4 Å². The van der Waals surface area contributed by atoms with Gasteiger partial charge in [0.15, 0.2) is 11.5 Å².